The number of likely N-dealkylation sites (tertiary alicyclic amines) is 1. The first-order chi connectivity index (χ1) is 9.47. The molecular formula is C15H14F2N2O. The number of amides is 1. The topological polar surface area (TPSA) is 44.1 Å². The van der Waals surface area contributed by atoms with Gasteiger partial charge in [0.2, 0.25) is 0 Å². The molecule has 0 unspecified atom stereocenters. The quantitative estimate of drug-likeness (QED) is 0.791. The third kappa shape index (κ3) is 1.96. The fraction of sp³-hybridized carbons (Fsp3) is 0.467. The molecule has 0 N–H and O–H groups in total. The van der Waals surface area contributed by atoms with Crippen LogP contribution in [0, 0.1) is 16.7 Å². The van der Waals surface area contributed by atoms with Crippen LogP contribution in [0.1, 0.15) is 35.2 Å². The fourth-order valence-electron chi connectivity index (χ4n) is 2.97. The molecule has 1 amide bonds. The van der Waals surface area contributed by atoms with Gasteiger partial charge >= 0.3 is 0 Å². The Morgan fingerprint density at radius 1 is 1.30 bits per heavy atom. The van der Waals surface area contributed by atoms with Gasteiger partial charge in [-0.15, -0.1) is 0 Å². The molecule has 2 aliphatic rings. The summed E-state index contributed by atoms with van der Waals surface area (Å²) in [4.78, 5) is 13.9. The van der Waals surface area contributed by atoms with E-state index in [2.05, 4.69) is 0 Å². The molecule has 3 nitrogen and oxygen atoms in total. The van der Waals surface area contributed by atoms with Crippen LogP contribution in [0.5, 0.6) is 0 Å². The summed E-state index contributed by atoms with van der Waals surface area (Å²) in [5.74, 6) is -2.72. The second-order valence-corrected chi connectivity index (χ2v) is 5.65. The lowest BCUT2D eigenvalue weighted by Gasteiger charge is -2.32. The number of nitriles is 1. The molecule has 1 heterocycles. The van der Waals surface area contributed by atoms with Crippen molar-refractivity contribution in [3.8, 4) is 6.07 Å². The first-order valence-electron chi connectivity index (χ1n) is 6.65. The van der Waals surface area contributed by atoms with E-state index in [0.29, 0.717) is 37.1 Å². The lowest BCUT2D eigenvalue weighted by Crippen LogP contribution is -2.40. The predicted molar refractivity (Wildman–Crippen MR) is 68.3 cm³/mol. The largest absolute Gasteiger partial charge is 0.339 e. The third-order valence-electron chi connectivity index (χ3n) is 4.46. The van der Waals surface area contributed by atoms with E-state index in [0.717, 1.165) is 0 Å². The van der Waals surface area contributed by atoms with Gasteiger partial charge in [0.15, 0.2) is 0 Å². The zero-order chi connectivity index (χ0) is 14.4. The molecule has 1 saturated carbocycles. The summed E-state index contributed by atoms with van der Waals surface area (Å²) in [6, 6.07) is 8.47. The third-order valence-corrected chi connectivity index (χ3v) is 4.46. The molecule has 1 aliphatic carbocycles. The molecule has 1 saturated heterocycles. The number of halogens is 2. The Balaban J connectivity index is 1.69. The number of rotatable bonds is 1. The molecule has 0 bridgehead atoms. The van der Waals surface area contributed by atoms with Gasteiger partial charge in [0.1, 0.15) is 0 Å². The van der Waals surface area contributed by atoms with Crippen LogP contribution in [0.3, 0.4) is 0 Å². The van der Waals surface area contributed by atoms with Gasteiger partial charge in [-0.2, -0.15) is 5.26 Å². The summed E-state index contributed by atoms with van der Waals surface area (Å²) in [6.45, 7) is 0.733. The van der Waals surface area contributed by atoms with Gasteiger partial charge in [0.25, 0.3) is 11.8 Å². The second-order valence-electron chi connectivity index (χ2n) is 5.65. The van der Waals surface area contributed by atoms with Crippen molar-refractivity contribution in [2.45, 2.75) is 25.2 Å². The van der Waals surface area contributed by atoms with E-state index in [1.54, 1.807) is 29.2 Å². The highest BCUT2D eigenvalue weighted by molar-refractivity contribution is 5.94. The Morgan fingerprint density at radius 2 is 1.95 bits per heavy atom. The summed E-state index contributed by atoms with van der Waals surface area (Å²) in [6.07, 6.45) is 0.694. The van der Waals surface area contributed by atoms with Gasteiger partial charge in [-0.1, -0.05) is 6.07 Å². The van der Waals surface area contributed by atoms with Crippen LogP contribution in [0.2, 0.25) is 0 Å². The van der Waals surface area contributed by atoms with Crippen LogP contribution in [0.25, 0.3) is 0 Å². The number of hydrogen-bond donors (Lipinski definition) is 0. The Labute approximate surface area is 115 Å². The number of piperidine rings is 1. The highest BCUT2D eigenvalue weighted by atomic mass is 19.3. The normalized spacial score (nSPS) is 22.4. The second kappa shape index (κ2) is 4.27. The van der Waals surface area contributed by atoms with Gasteiger partial charge in [-0.05, 0) is 31.0 Å². The number of benzene rings is 1. The van der Waals surface area contributed by atoms with E-state index < -0.39 is 11.3 Å². The molecule has 1 aromatic carbocycles. The SMILES string of the molecule is N#Cc1cccc(C(=O)N2CCC3(CC2)CC3(F)F)c1. The van der Waals surface area contributed by atoms with Crippen LogP contribution < -0.4 is 0 Å². The highest BCUT2D eigenvalue weighted by Crippen LogP contribution is 2.65. The van der Waals surface area contributed by atoms with Crippen molar-refractivity contribution in [2.75, 3.05) is 13.1 Å². The van der Waals surface area contributed by atoms with Crippen LogP contribution in [0.15, 0.2) is 24.3 Å². The summed E-state index contributed by atoms with van der Waals surface area (Å²) < 4.78 is 26.6. The Hall–Kier alpha value is -1.96. The average molecular weight is 276 g/mol. The van der Waals surface area contributed by atoms with Gasteiger partial charge in [0, 0.05) is 30.5 Å². The zero-order valence-electron chi connectivity index (χ0n) is 10.9. The molecule has 2 fully saturated rings. The Kier molecular flexibility index (Phi) is 2.79. The van der Waals surface area contributed by atoms with Crippen LogP contribution in [0.4, 0.5) is 8.78 Å². The van der Waals surface area contributed by atoms with Gasteiger partial charge in [0.05, 0.1) is 11.6 Å². The Morgan fingerprint density at radius 3 is 2.50 bits per heavy atom. The molecule has 20 heavy (non-hydrogen) atoms. The van der Waals surface area contributed by atoms with E-state index in [1.165, 1.54) is 0 Å². The number of carbonyl (C=O) groups is 1. The van der Waals surface area contributed by atoms with Crippen molar-refractivity contribution in [3.05, 3.63) is 35.4 Å². The molecule has 3 rings (SSSR count). The molecule has 1 aliphatic heterocycles. The number of nitrogens with zero attached hydrogens (tertiary/aromatic N) is 2. The standard InChI is InChI=1S/C15H14F2N2O/c16-15(17)10-14(15)4-6-19(7-5-14)13(20)12-3-1-2-11(8-12)9-18/h1-3,8H,4-7,10H2. The molecule has 5 heteroatoms. The first-order valence-corrected chi connectivity index (χ1v) is 6.65. The van der Waals surface area contributed by atoms with E-state index in [1.807, 2.05) is 6.07 Å². The van der Waals surface area contributed by atoms with E-state index in [4.69, 9.17) is 5.26 Å². The Bertz CT molecular complexity index is 598. The van der Waals surface area contributed by atoms with Gasteiger partial charge in [-0.3, -0.25) is 4.79 Å². The van der Waals surface area contributed by atoms with E-state index in [9.17, 15) is 13.6 Å². The van der Waals surface area contributed by atoms with E-state index in [-0.39, 0.29) is 12.3 Å². The minimum Gasteiger partial charge on any atom is -0.339 e. The fourth-order valence-corrected chi connectivity index (χ4v) is 2.97. The summed E-state index contributed by atoms with van der Waals surface area (Å²) in [5.41, 5.74) is 0.0266. The first kappa shape index (κ1) is 13.0. The number of hydrogen-bond acceptors (Lipinski definition) is 2. The maximum absolute atomic E-state index is 13.3. The molecule has 0 radical (unpaired) electrons. The van der Waals surface area contributed by atoms with Crippen molar-refractivity contribution in [1.29, 1.82) is 5.26 Å². The van der Waals surface area contributed by atoms with Crippen molar-refractivity contribution < 1.29 is 13.6 Å². The highest BCUT2D eigenvalue weighted by Gasteiger charge is 2.70. The molecule has 0 aromatic heterocycles. The summed E-state index contributed by atoms with van der Waals surface area (Å²) in [5, 5.41) is 8.83. The van der Waals surface area contributed by atoms with Gasteiger partial charge < -0.3 is 4.90 Å². The predicted octanol–water partition coefficient (Wildman–Crippen LogP) is 2.82. The van der Waals surface area contributed by atoms with Gasteiger partial charge in [-0.25, -0.2) is 8.78 Å². The zero-order valence-corrected chi connectivity index (χ0v) is 10.9. The maximum Gasteiger partial charge on any atom is 0.254 e. The number of alkyl halides is 2. The molecule has 104 valence electrons. The monoisotopic (exact) mass is 276 g/mol. The van der Waals surface area contributed by atoms with Crippen LogP contribution >= 0.6 is 0 Å². The minimum absolute atomic E-state index is 0.0358. The molecule has 1 spiro atoms. The van der Waals surface area contributed by atoms with Crippen LogP contribution in [-0.2, 0) is 0 Å². The van der Waals surface area contributed by atoms with E-state index >= 15 is 0 Å². The van der Waals surface area contributed by atoms with Crippen molar-refractivity contribution in [2.24, 2.45) is 5.41 Å². The smallest absolute Gasteiger partial charge is 0.254 e. The summed E-state index contributed by atoms with van der Waals surface area (Å²) >= 11 is 0. The molecule has 1 aromatic rings. The van der Waals surface area contributed by atoms with Crippen molar-refractivity contribution in [3.63, 3.8) is 0 Å². The lowest BCUT2D eigenvalue weighted by molar-refractivity contribution is 0.0284. The van der Waals surface area contributed by atoms with Crippen LogP contribution in [-0.4, -0.2) is 29.8 Å². The van der Waals surface area contributed by atoms with Crippen molar-refractivity contribution >= 4 is 5.91 Å². The average Bonchev–Trinajstić information content (AvgIpc) is 2.99. The summed E-state index contributed by atoms with van der Waals surface area (Å²) in [7, 11) is 0. The number of carbonyl (C=O) groups excluding carboxylic acids is 1. The minimum atomic E-state index is -2.54. The lowest BCUT2D eigenvalue weighted by atomic mass is 9.92. The molecule has 0 atom stereocenters. The van der Waals surface area contributed by atoms with Crippen molar-refractivity contribution in [1.82, 2.24) is 4.90 Å². The maximum atomic E-state index is 13.3. The molecular weight excluding hydrogens is 262 g/mol.